The van der Waals surface area contributed by atoms with E-state index in [1.165, 1.54) is 24.5 Å². The molecule has 0 saturated heterocycles. The molecule has 0 saturated carbocycles. The fourth-order valence-corrected chi connectivity index (χ4v) is 3.26. The molecule has 0 aliphatic rings. The van der Waals surface area contributed by atoms with Gasteiger partial charge in [-0.1, -0.05) is 41.6 Å². The van der Waals surface area contributed by atoms with E-state index in [1.807, 2.05) is 0 Å². The largest absolute Gasteiger partial charge is 0.409 e. The zero-order valence-electron chi connectivity index (χ0n) is 11.9. The zero-order chi connectivity index (χ0) is 16.2. The molecule has 0 aromatic heterocycles. The molecule has 2 aromatic rings. The standard InChI is InChI=1S/C15H16FN3O2S/c1-22(21,14-9-5-4-8-13(14)16)18-10-11-6-2-3-7-12(11)15(17)19-20/h2-9,20H,10H2,1H3,(H2,17,19). The summed E-state index contributed by atoms with van der Waals surface area (Å²) in [4.78, 5) is 0.0660. The monoisotopic (exact) mass is 321 g/mol. The van der Waals surface area contributed by atoms with Crippen molar-refractivity contribution in [2.45, 2.75) is 11.4 Å². The Hall–Kier alpha value is -2.41. The van der Waals surface area contributed by atoms with Crippen LogP contribution in [0.4, 0.5) is 4.39 Å². The van der Waals surface area contributed by atoms with Gasteiger partial charge in [0.05, 0.1) is 21.2 Å². The van der Waals surface area contributed by atoms with E-state index in [4.69, 9.17) is 10.9 Å². The summed E-state index contributed by atoms with van der Waals surface area (Å²) in [5, 5.41) is 11.7. The van der Waals surface area contributed by atoms with Gasteiger partial charge in [-0.05, 0) is 17.7 Å². The minimum Gasteiger partial charge on any atom is -0.409 e. The first-order valence-electron chi connectivity index (χ1n) is 6.44. The summed E-state index contributed by atoms with van der Waals surface area (Å²) in [5.41, 5.74) is 6.74. The van der Waals surface area contributed by atoms with E-state index in [0.29, 0.717) is 11.1 Å². The Balaban J connectivity index is 2.41. The van der Waals surface area contributed by atoms with Crippen LogP contribution in [0.5, 0.6) is 0 Å². The maximum absolute atomic E-state index is 13.8. The Morgan fingerprint density at radius 2 is 1.86 bits per heavy atom. The summed E-state index contributed by atoms with van der Waals surface area (Å²) < 4.78 is 30.5. The molecule has 1 unspecified atom stereocenters. The van der Waals surface area contributed by atoms with E-state index in [-0.39, 0.29) is 17.3 Å². The fourth-order valence-electron chi connectivity index (χ4n) is 1.98. The minimum atomic E-state index is -2.88. The average molecular weight is 321 g/mol. The van der Waals surface area contributed by atoms with Gasteiger partial charge in [0.15, 0.2) is 5.84 Å². The van der Waals surface area contributed by atoms with Crippen molar-refractivity contribution in [1.82, 2.24) is 0 Å². The number of oxime groups is 1. The summed E-state index contributed by atoms with van der Waals surface area (Å²) in [7, 11) is -2.88. The van der Waals surface area contributed by atoms with E-state index < -0.39 is 15.5 Å². The highest BCUT2D eigenvalue weighted by molar-refractivity contribution is 7.93. The molecule has 3 N–H and O–H groups in total. The highest BCUT2D eigenvalue weighted by Crippen LogP contribution is 2.18. The summed E-state index contributed by atoms with van der Waals surface area (Å²) in [5.74, 6) is -0.609. The average Bonchev–Trinajstić information content (AvgIpc) is 2.53. The second-order valence-corrected chi connectivity index (χ2v) is 6.97. The highest BCUT2D eigenvalue weighted by atomic mass is 32.2. The van der Waals surface area contributed by atoms with Crippen LogP contribution in [0.1, 0.15) is 11.1 Å². The van der Waals surface area contributed by atoms with Gasteiger partial charge in [-0.3, -0.25) is 0 Å². The summed E-state index contributed by atoms with van der Waals surface area (Å²) in [6.45, 7) is 0.0655. The SMILES string of the molecule is CS(=O)(=NCc1ccccc1C(N)=NO)c1ccccc1F. The summed E-state index contributed by atoms with van der Waals surface area (Å²) >= 11 is 0. The van der Waals surface area contributed by atoms with Crippen molar-refractivity contribution in [3.63, 3.8) is 0 Å². The lowest BCUT2D eigenvalue weighted by molar-refractivity contribution is 0.318. The Morgan fingerprint density at radius 3 is 2.55 bits per heavy atom. The van der Waals surface area contributed by atoms with Gasteiger partial charge >= 0.3 is 0 Å². The van der Waals surface area contributed by atoms with Crippen molar-refractivity contribution in [1.29, 1.82) is 0 Å². The van der Waals surface area contributed by atoms with Crippen molar-refractivity contribution in [3.05, 3.63) is 65.5 Å². The van der Waals surface area contributed by atoms with Crippen LogP contribution in [-0.2, 0) is 16.3 Å². The van der Waals surface area contributed by atoms with Crippen LogP contribution < -0.4 is 5.73 Å². The number of benzene rings is 2. The maximum Gasteiger partial charge on any atom is 0.170 e. The molecule has 2 rings (SSSR count). The molecule has 7 heteroatoms. The molecule has 2 aromatic carbocycles. The second kappa shape index (κ2) is 6.57. The molecule has 0 amide bonds. The topological polar surface area (TPSA) is 88.0 Å². The van der Waals surface area contributed by atoms with Gasteiger partial charge in [0.1, 0.15) is 5.82 Å². The van der Waals surface area contributed by atoms with Gasteiger partial charge in [0.2, 0.25) is 0 Å². The van der Waals surface area contributed by atoms with Crippen LogP contribution in [0.3, 0.4) is 0 Å². The normalized spacial score (nSPS) is 14.4. The summed E-state index contributed by atoms with van der Waals surface area (Å²) in [6.07, 6.45) is 1.39. The Morgan fingerprint density at radius 1 is 1.23 bits per heavy atom. The zero-order valence-corrected chi connectivity index (χ0v) is 12.8. The van der Waals surface area contributed by atoms with E-state index in [9.17, 15) is 8.60 Å². The predicted octanol–water partition coefficient (Wildman–Crippen LogP) is 2.58. The van der Waals surface area contributed by atoms with Crippen LogP contribution in [0.25, 0.3) is 0 Å². The van der Waals surface area contributed by atoms with Crippen molar-refractivity contribution in [2.75, 3.05) is 6.26 Å². The second-order valence-electron chi connectivity index (χ2n) is 4.66. The first kappa shape index (κ1) is 16.0. The Labute approximate surface area is 128 Å². The summed E-state index contributed by atoms with van der Waals surface area (Å²) in [6, 6.07) is 12.7. The van der Waals surface area contributed by atoms with Gasteiger partial charge in [0.25, 0.3) is 0 Å². The Bertz CT molecular complexity index is 827. The van der Waals surface area contributed by atoms with E-state index in [1.54, 1.807) is 30.3 Å². The molecule has 5 nitrogen and oxygen atoms in total. The third kappa shape index (κ3) is 3.43. The van der Waals surface area contributed by atoms with Crippen LogP contribution in [0.2, 0.25) is 0 Å². The number of hydrogen-bond acceptors (Lipinski definition) is 4. The molecule has 0 aliphatic heterocycles. The first-order valence-corrected chi connectivity index (χ1v) is 8.36. The van der Waals surface area contributed by atoms with Crippen LogP contribution in [-0.4, -0.2) is 21.5 Å². The molecular weight excluding hydrogens is 305 g/mol. The number of rotatable bonds is 4. The van der Waals surface area contributed by atoms with Gasteiger partial charge in [-0.25, -0.2) is 13.0 Å². The lowest BCUT2D eigenvalue weighted by Gasteiger charge is -2.08. The molecule has 1 atom stereocenters. The number of amidine groups is 1. The molecule has 0 radical (unpaired) electrons. The predicted molar refractivity (Wildman–Crippen MR) is 83.8 cm³/mol. The van der Waals surface area contributed by atoms with E-state index in [2.05, 4.69) is 9.52 Å². The number of nitrogens with zero attached hydrogens (tertiary/aromatic N) is 2. The molecule has 0 spiro atoms. The van der Waals surface area contributed by atoms with Gasteiger partial charge in [-0.2, -0.15) is 0 Å². The quantitative estimate of drug-likeness (QED) is 0.392. The van der Waals surface area contributed by atoms with Gasteiger partial charge < -0.3 is 10.9 Å². The van der Waals surface area contributed by atoms with Gasteiger partial charge in [0, 0.05) is 11.8 Å². The van der Waals surface area contributed by atoms with E-state index in [0.717, 1.165) is 0 Å². The maximum atomic E-state index is 13.8. The highest BCUT2D eigenvalue weighted by Gasteiger charge is 2.12. The van der Waals surface area contributed by atoms with Crippen LogP contribution >= 0.6 is 0 Å². The van der Waals surface area contributed by atoms with Crippen molar-refractivity contribution < 1.29 is 13.8 Å². The lowest BCUT2D eigenvalue weighted by Crippen LogP contribution is -2.15. The van der Waals surface area contributed by atoms with Crippen molar-refractivity contribution in [3.8, 4) is 0 Å². The van der Waals surface area contributed by atoms with E-state index >= 15 is 0 Å². The van der Waals surface area contributed by atoms with Gasteiger partial charge in [-0.15, -0.1) is 0 Å². The smallest absolute Gasteiger partial charge is 0.170 e. The number of hydrogen-bond donors (Lipinski definition) is 2. The molecule has 0 fully saturated rings. The molecule has 0 bridgehead atoms. The Kier molecular flexibility index (Phi) is 4.77. The number of nitrogens with two attached hydrogens (primary N) is 1. The van der Waals surface area contributed by atoms with Crippen LogP contribution in [0, 0.1) is 5.82 Å². The number of halogens is 1. The third-order valence-electron chi connectivity index (χ3n) is 3.13. The van der Waals surface area contributed by atoms with Crippen molar-refractivity contribution in [2.24, 2.45) is 15.3 Å². The third-order valence-corrected chi connectivity index (χ3v) is 4.90. The lowest BCUT2D eigenvalue weighted by atomic mass is 10.1. The molecule has 116 valence electrons. The first-order chi connectivity index (χ1) is 10.5. The minimum absolute atomic E-state index is 0.0562. The molecular formula is C15H16FN3O2S. The fraction of sp³-hybridized carbons (Fsp3) is 0.133. The van der Waals surface area contributed by atoms with Crippen LogP contribution in [0.15, 0.2) is 62.9 Å². The van der Waals surface area contributed by atoms with Crippen molar-refractivity contribution >= 4 is 15.6 Å². The molecule has 0 aliphatic carbocycles. The molecule has 0 heterocycles. The molecule has 22 heavy (non-hydrogen) atoms.